The minimum absolute atomic E-state index is 0.0903. The Balaban J connectivity index is 3.50. The molecule has 0 unspecified atom stereocenters. The Labute approximate surface area is 79.5 Å². The van der Waals surface area contributed by atoms with E-state index in [1.807, 2.05) is 0 Å². The lowest BCUT2D eigenvalue weighted by molar-refractivity contribution is -0.385. The van der Waals surface area contributed by atoms with Gasteiger partial charge in [0.2, 0.25) is 0 Å². The van der Waals surface area contributed by atoms with E-state index in [0.29, 0.717) is 5.56 Å². The summed E-state index contributed by atoms with van der Waals surface area (Å²) in [6.45, 7) is 1.57. The van der Waals surface area contributed by atoms with E-state index in [-0.39, 0.29) is 16.3 Å². The lowest BCUT2D eigenvalue weighted by Gasteiger charge is -1.99. The molecule has 4 nitrogen and oxygen atoms in total. The van der Waals surface area contributed by atoms with Crippen LogP contribution in [0.4, 0.5) is 5.69 Å². The smallest absolute Gasteiger partial charge is 0.258 e. The molecule has 13 heavy (non-hydrogen) atoms. The summed E-state index contributed by atoms with van der Waals surface area (Å²) in [4.78, 5) is 9.94. The van der Waals surface area contributed by atoms with Gasteiger partial charge in [-0.05, 0) is 13.0 Å². The van der Waals surface area contributed by atoms with Crippen LogP contribution in [0, 0.1) is 28.4 Å². The van der Waals surface area contributed by atoms with Crippen LogP contribution < -0.4 is 0 Å². The maximum Gasteiger partial charge on any atom is 0.292 e. The molecule has 0 aliphatic rings. The topological polar surface area (TPSA) is 66.9 Å². The van der Waals surface area contributed by atoms with Crippen LogP contribution in [0.3, 0.4) is 0 Å². The number of hydrogen-bond donors (Lipinski definition) is 0. The van der Waals surface area contributed by atoms with Crippen molar-refractivity contribution < 1.29 is 4.92 Å². The van der Waals surface area contributed by atoms with E-state index in [4.69, 9.17) is 16.9 Å². The van der Waals surface area contributed by atoms with Crippen LogP contribution in [0.15, 0.2) is 12.1 Å². The Morgan fingerprint density at radius 2 is 2.23 bits per heavy atom. The molecule has 1 aromatic carbocycles. The number of halogens is 1. The van der Waals surface area contributed by atoms with E-state index >= 15 is 0 Å². The summed E-state index contributed by atoms with van der Waals surface area (Å²) in [5, 5.41) is 19.0. The Hall–Kier alpha value is -1.60. The molecule has 0 radical (unpaired) electrons. The molecule has 0 N–H and O–H groups in total. The Bertz CT molecular complexity index is 409. The molecule has 0 saturated heterocycles. The van der Waals surface area contributed by atoms with Gasteiger partial charge in [-0.25, -0.2) is 0 Å². The third-order valence-electron chi connectivity index (χ3n) is 1.62. The van der Waals surface area contributed by atoms with Crippen molar-refractivity contribution in [2.75, 3.05) is 0 Å². The van der Waals surface area contributed by atoms with Crippen LogP contribution >= 0.6 is 11.6 Å². The van der Waals surface area contributed by atoms with Gasteiger partial charge in [-0.15, -0.1) is 0 Å². The van der Waals surface area contributed by atoms with E-state index < -0.39 is 4.92 Å². The first kappa shape index (κ1) is 9.49. The van der Waals surface area contributed by atoms with Crippen LogP contribution in [-0.4, -0.2) is 4.92 Å². The average molecular weight is 197 g/mol. The summed E-state index contributed by atoms with van der Waals surface area (Å²) < 4.78 is 0. The van der Waals surface area contributed by atoms with Crippen LogP contribution in [0.5, 0.6) is 0 Å². The zero-order chi connectivity index (χ0) is 10.0. The molecule has 0 atom stereocenters. The van der Waals surface area contributed by atoms with Crippen LogP contribution in [-0.2, 0) is 0 Å². The summed E-state index contributed by atoms with van der Waals surface area (Å²) in [6, 6.07) is 4.75. The first-order chi connectivity index (χ1) is 6.07. The lowest BCUT2D eigenvalue weighted by Crippen LogP contribution is -1.94. The van der Waals surface area contributed by atoms with Gasteiger partial charge in [0.1, 0.15) is 11.1 Å². The number of hydrogen-bond acceptors (Lipinski definition) is 3. The highest BCUT2D eigenvalue weighted by Crippen LogP contribution is 2.30. The Morgan fingerprint density at radius 1 is 1.62 bits per heavy atom. The van der Waals surface area contributed by atoms with Gasteiger partial charge < -0.3 is 0 Å². The van der Waals surface area contributed by atoms with Crippen molar-refractivity contribution in [2.24, 2.45) is 0 Å². The van der Waals surface area contributed by atoms with Crippen LogP contribution in [0.2, 0.25) is 5.02 Å². The monoisotopic (exact) mass is 196 g/mol. The van der Waals surface area contributed by atoms with Crippen molar-refractivity contribution in [3.8, 4) is 6.07 Å². The van der Waals surface area contributed by atoms with Crippen molar-refractivity contribution in [1.29, 1.82) is 5.26 Å². The number of benzene rings is 1. The van der Waals surface area contributed by atoms with E-state index in [2.05, 4.69) is 0 Å². The van der Waals surface area contributed by atoms with Gasteiger partial charge >= 0.3 is 0 Å². The van der Waals surface area contributed by atoms with E-state index in [1.54, 1.807) is 13.0 Å². The summed E-state index contributed by atoms with van der Waals surface area (Å²) in [7, 11) is 0. The molecule has 0 aliphatic heterocycles. The third kappa shape index (κ3) is 1.60. The second kappa shape index (κ2) is 3.42. The van der Waals surface area contributed by atoms with Gasteiger partial charge in [-0.2, -0.15) is 5.26 Å². The van der Waals surface area contributed by atoms with Gasteiger partial charge in [-0.1, -0.05) is 17.7 Å². The maximum atomic E-state index is 10.5. The number of nitro groups is 1. The van der Waals surface area contributed by atoms with Crippen molar-refractivity contribution >= 4 is 17.3 Å². The fraction of sp³-hybridized carbons (Fsp3) is 0.125. The molecule has 0 amide bonds. The molecule has 1 aromatic rings. The normalized spacial score (nSPS) is 9.31. The standard InChI is InChI=1S/C8H5ClN2O2/c1-5-2-3-6(4-10)7(9)8(5)11(12)13/h2-3H,1H3. The quantitative estimate of drug-likeness (QED) is 0.512. The second-order valence-corrected chi connectivity index (χ2v) is 2.84. The number of nitriles is 1. The maximum absolute atomic E-state index is 10.5. The fourth-order valence-corrected chi connectivity index (χ4v) is 1.29. The van der Waals surface area contributed by atoms with Crippen molar-refractivity contribution in [1.82, 2.24) is 0 Å². The summed E-state index contributed by atoms with van der Waals surface area (Å²) in [5.41, 5.74) is 0.383. The highest BCUT2D eigenvalue weighted by atomic mass is 35.5. The van der Waals surface area contributed by atoms with Crippen molar-refractivity contribution in [2.45, 2.75) is 6.92 Å². The molecule has 0 aromatic heterocycles. The Kier molecular flexibility index (Phi) is 2.49. The number of aryl methyl sites for hydroxylation is 1. The first-order valence-electron chi connectivity index (χ1n) is 3.41. The molecular weight excluding hydrogens is 192 g/mol. The summed E-state index contributed by atoms with van der Waals surface area (Å²) in [6.07, 6.45) is 0. The highest BCUT2D eigenvalue weighted by Gasteiger charge is 2.18. The van der Waals surface area contributed by atoms with Gasteiger partial charge in [0, 0.05) is 5.56 Å². The third-order valence-corrected chi connectivity index (χ3v) is 2.00. The molecule has 0 fully saturated rings. The molecule has 0 bridgehead atoms. The minimum Gasteiger partial charge on any atom is -0.258 e. The highest BCUT2D eigenvalue weighted by molar-refractivity contribution is 6.33. The minimum atomic E-state index is -0.585. The van der Waals surface area contributed by atoms with Crippen molar-refractivity contribution in [3.63, 3.8) is 0 Å². The second-order valence-electron chi connectivity index (χ2n) is 2.46. The van der Waals surface area contributed by atoms with Gasteiger partial charge in [0.25, 0.3) is 5.69 Å². The van der Waals surface area contributed by atoms with E-state index in [1.165, 1.54) is 12.1 Å². The van der Waals surface area contributed by atoms with Crippen LogP contribution in [0.1, 0.15) is 11.1 Å². The number of nitrogens with zero attached hydrogens (tertiary/aromatic N) is 2. The largest absolute Gasteiger partial charge is 0.292 e. The predicted molar refractivity (Wildman–Crippen MR) is 47.6 cm³/mol. The lowest BCUT2D eigenvalue weighted by atomic mass is 10.1. The van der Waals surface area contributed by atoms with Gasteiger partial charge in [0.05, 0.1) is 10.5 Å². The molecule has 1 rings (SSSR count). The molecule has 5 heteroatoms. The average Bonchev–Trinajstić information content (AvgIpc) is 2.04. The fourth-order valence-electron chi connectivity index (χ4n) is 0.972. The van der Waals surface area contributed by atoms with E-state index in [0.717, 1.165) is 0 Å². The SMILES string of the molecule is Cc1ccc(C#N)c(Cl)c1[N+](=O)[O-]. The number of nitro benzene ring substituents is 1. The molecule has 0 saturated carbocycles. The Morgan fingerprint density at radius 3 is 2.69 bits per heavy atom. The molecular formula is C8H5ClN2O2. The molecule has 0 aliphatic carbocycles. The summed E-state index contributed by atoms with van der Waals surface area (Å²) >= 11 is 5.65. The number of rotatable bonds is 1. The molecule has 0 heterocycles. The van der Waals surface area contributed by atoms with E-state index in [9.17, 15) is 10.1 Å². The predicted octanol–water partition coefficient (Wildman–Crippen LogP) is 2.43. The zero-order valence-corrected chi connectivity index (χ0v) is 7.50. The van der Waals surface area contributed by atoms with Gasteiger partial charge in [-0.3, -0.25) is 10.1 Å². The molecule has 0 spiro atoms. The van der Waals surface area contributed by atoms with Crippen molar-refractivity contribution in [3.05, 3.63) is 38.4 Å². The first-order valence-corrected chi connectivity index (χ1v) is 3.79. The molecule has 66 valence electrons. The summed E-state index contributed by atoms with van der Waals surface area (Å²) in [5.74, 6) is 0. The van der Waals surface area contributed by atoms with Crippen LogP contribution in [0.25, 0.3) is 0 Å². The zero-order valence-electron chi connectivity index (χ0n) is 6.74. The van der Waals surface area contributed by atoms with Gasteiger partial charge in [0.15, 0.2) is 0 Å².